The maximum atomic E-state index is 13.3. The molecular weight excluding hydrogens is 287 g/mol. The quantitative estimate of drug-likeness (QED) is 0.813. The van der Waals surface area contributed by atoms with Gasteiger partial charge in [0.2, 0.25) is 0 Å². The van der Waals surface area contributed by atoms with Gasteiger partial charge in [-0.25, -0.2) is 9.18 Å². The molecule has 122 valence electrons. The van der Waals surface area contributed by atoms with Crippen LogP contribution in [0.25, 0.3) is 0 Å². The molecule has 0 aliphatic heterocycles. The van der Waals surface area contributed by atoms with Crippen LogP contribution in [0.3, 0.4) is 0 Å². The first-order chi connectivity index (χ1) is 10.0. The highest BCUT2D eigenvalue weighted by Gasteiger charge is 2.28. The molecule has 0 heterocycles. The first-order valence-corrected chi connectivity index (χ1v) is 7.04. The van der Waals surface area contributed by atoms with Crippen molar-refractivity contribution in [2.24, 2.45) is 0 Å². The molecule has 1 aromatic carbocycles. The summed E-state index contributed by atoms with van der Waals surface area (Å²) < 4.78 is 19.0. The smallest absolute Gasteiger partial charge is 0.407 e. The number of hydrogen-bond donors (Lipinski definition) is 2. The number of nitrogens with zero attached hydrogens (tertiary/aromatic N) is 1. The Morgan fingerprint density at radius 2 is 2.05 bits per heavy atom. The largest absolute Gasteiger partial charge is 0.488 e. The summed E-state index contributed by atoms with van der Waals surface area (Å²) in [5, 5.41) is 17.0. The molecule has 0 saturated heterocycles. The number of hydrogen-bond acceptors (Lipinski definition) is 3. The fraction of sp³-hybridized carbons (Fsp3) is 0.500. The molecule has 22 heavy (non-hydrogen) atoms. The van der Waals surface area contributed by atoms with Crippen LogP contribution in [-0.2, 0) is 0 Å². The lowest BCUT2D eigenvalue weighted by Gasteiger charge is -2.35. The van der Waals surface area contributed by atoms with Gasteiger partial charge < -0.3 is 15.3 Å². The number of rotatable bonds is 5. The normalized spacial score (nSPS) is 12.6. The van der Waals surface area contributed by atoms with E-state index in [1.54, 1.807) is 34.6 Å². The summed E-state index contributed by atoms with van der Waals surface area (Å²) in [5.74, 6) is -0.0656. The lowest BCUT2D eigenvalue weighted by Crippen LogP contribution is -2.49. The minimum Gasteiger partial charge on any atom is -0.488 e. The monoisotopic (exact) mass is 310 g/mol. The number of nitrogens with one attached hydrogen (secondary N) is 1. The number of ether oxygens (including phenoxy) is 1. The summed E-state index contributed by atoms with van der Waals surface area (Å²) in [5.41, 5.74) is 0.00380. The van der Waals surface area contributed by atoms with Gasteiger partial charge in [-0.15, -0.1) is 0 Å². The molecule has 2 N–H and O–H groups in total. The van der Waals surface area contributed by atoms with Gasteiger partial charge in [-0.05, 0) is 52.8 Å². The molecule has 0 spiro atoms. The van der Waals surface area contributed by atoms with Gasteiger partial charge in [-0.1, -0.05) is 0 Å². The predicted octanol–water partition coefficient (Wildman–Crippen LogP) is 3.76. The average molecular weight is 310 g/mol. The van der Waals surface area contributed by atoms with E-state index in [-0.39, 0.29) is 12.3 Å². The molecule has 0 fully saturated rings. The molecule has 6 heteroatoms. The average Bonchev–Trinajstić information content (AvgIpc) is 2.36. The Labute approximate surface area is 130 Å². The Kier molecular flexibility index (Phi) is 5.52. The molecule has 5 nitrogen and oxygen atoms in total. The van der Waals surface area contributed by atoms with Crippen molar-refractivity contribution in [3.05, 3.63) is 29.6 Å². The second kappa shape index (κ2) is 6.77. The molecule has 0 aromatic heterocycles. The third-order valence-corrected chi connectivity index (χ3v) is 3.15. The second-order valence-corrected chi connectivity index (χ2v) is 6.26. The molecule has 0 unspecified atom stereocenters. The van der Waals surface area contributed by atoms with Gasteiger partial charge in [0, 0.05) is 16.8 Å². The molecule has 0 radical (unpaired) electrons. The van der Waals surface area contributed by atoms with Crippen LogP contribution in [-0.4, -0.2) is 40.0 Å². The zero-order chi connectivity index (χ0) is 17.1. The first kappa shape index (κ1) is 17.9. The van der Waals surface area contributed by atoms with E-state index in [0.717, 1.165) is 0 Å². The molecule has 1 atom stereocenters. The maximum Gasteiger partial charge on any atom is 0.407 e. The zero-order valence-corrected chi connectivity index (χ0v) is 13.6. The number of carbonyl (C=O) groups is 1. The van der Waals surface area contributed by atoms with Crippen LogP contribution in [0, 0.1) is 11.2 Å². The SMILES string of the molecule is CC(=N)c1cc(F)ccc1O[C@@H](C)CN(C(=O)O)C(C)(C)C. The van der Waals surface area contributed by atoms with Crippen molar-refractivity contribution in [3.8, 4) is 5.75 Å². The van der Waals surface area contributed by atoms with Gasteiger partial charge in [0.1, 0.15) is 17.7 Å². The minimum atomic E-state index is -1.02. The number of halogens is 1. The van der Waals surface area contributed by atoms with Crippen LogP contribution in [0.1, 0.15) is 40.2 Å². The van der Waals surface area contributed by atoms with E-state index in [1.165, 1.54) is 23.1 Å². The summed E-state index contributed by atoms with van der Waals surface area (Å²) in [4.78, 5) is 12.6. The maximum absolute atomic E-state index is 13.3. The van der Waals surface area contributed by atoms with Gasteiger partial charge >= 0.3 is 6.09 Å². The van der Waals surface area contributed by atoms with E-state index in [4.69, 9.17) is 10.1 Å². The van der Waals surface area contributed by atoms with Crippen molar-refractivity contribution in [2.45, 2.75) is 46.3 Å². The van der Waals surface area contributed by atoms with Crippen molar-refractivity contribution in [1.82, 2.24) is 4.90 Å². The van der Waals surface area contributed by atoms with Crippen molar-refractivity contribution in [3.63, 3.8) is 0 Å². The van der Waals surface area contributed by atoms with E-state index >= 15 is 0 Å². The van der Waals surface area contributed by atoms with Gasteiger partial charge in [0.15, 0.2) is 0 Å². The lowest BCUT2D eigenvalue weighted by molar-refractivity contribution is 0.0695. The Morgan fingerprint density at radius 3 is 2.50 bits per heavy atom. The Bertz CT molecular complexity index is 567. The van der Waals surface area contributed by atoms with Crippen molar-refractivity contribution in [2.75, 3.05) is 6.54 Å². The summed E-state index contributed by atoms with van der Waals surface area (Å²) in [6.45, 7) is 8.88. The summed E-state index contributed by atoms with van der Waals surface area (Å²) in [6, 6.07) is 3.96. The van der Waals surface area contributed by atoms with Crippen LogP contribution < -0.4 is 4.74 Å². The first-order valence-electron chi connectivity index (χ1n) is 7.04. The number of benzene rings is 1. The van der Waals surface area contributed by atoms with Gasteiger partial charge in [0.25, 0.3) is 0 Å². The van der Waals surface area contributed by atoms with Crippen LogP contribution >= 0.6 is 0 Å². The molecule has 0 saturated carbocycles. The second-order valence-electron chi connectivity index (χ2n) is 6.26. The van der Waals surface area contributed by atoms with Crippen LogP contribution in [0.2, 0.25) is 0 Å². The molecule has 0 aliphatic rings. The molecule has 1 aromatic rings. The van der Waals surface area contributed by atoms with Gasteiger partial charge in [-0.3, -0.25) is 4.90 Å². The van der Waals surface area contributed by atoms with Crippen LogP contribution in [0.15, 0.2) is 18.2 Å². The standard InChI is InChI=1S/C16H23FN2O3/c1-10(9-19(15(20)21)16(3,4)5)22-14-7-6-12(17)8-13(14)11(2)18/h6-8,10,18H,9H2,1-5H3,(H,20,21)/t10-/m0/s1. The molecule has 1 amide bonds. The highest BCUT2D eigenvalue weighted by molar-refractivity contribution is 5.98. The van der Waals surface area contributed by atoms with Crippen LogP contribution in [0.4, 0.5) is 9.18 Å². The summed E-state index contributed by atoms with van der Waals surface area (Å²) in [7, 11) is 0. The van der Waals surface area contributed by atoms with E-state index in [1.807, 2.05) is 0 Å². The molecule has 0 bridgehead atoms. The predicted molar refractivity (Wildman–Crippen MR) is 83.5 cm³/mol. The highest BCUT2D eigenvalue weighted by Crippen LogP contribution is 2.23. The van der Waals surface area contributed by atoms with Gasteiger partial charge in [0.05, 0.1) is 6.54 Å². The van der Waals surface area contributed by atoms with Gasteiger partial charge in [-0.2, -0.15) is 0 Å². The third kappa shape index (κ3) is 4.72. The van der Waals surface area contributed by atoms with Crippen molar-refractivity contribution < 1.29 is 19.0 Å². The fourth-order valence-electron chi connectivity index (χ4n) is 2.05. The molecule has 0 aliphatic carbocycles. The molecule has 1 rings (SSSR count). The Hall–Kier alpha value is -2.11. The summed E-state index contributed by atoms with van der Waals surface area (Å²) >= 11 is 0. The summed E-state index contributed by atoms with van der Waals surface area (Å²) in [6.07, 6.45) is -1.45. The fourth-order valence-corrected chi connectivity index (χ4v) is 2.05. The minimum absolute atomic E-state index is 0.173. The Morgan fingerprint density at radius 1 is 1.45 bits per heavy atom. The Balaban J connectivity index is 2.91. The van der Waals surface area contributed by atoms with E-state index in [0.29, 0.717) is 11.3 Å². The van der Waals surface area contributed by atoms with E-state index in [2.05, 4.69) is 0 Å². The lowest BCUT2D eigenvalue weighted by atomic mass is 10.1. The third-order valence-electron chi connectivity index (χ3n) is 3.15. The molecular formula is C16H23FN2O3. The topological polar surface area (TPSA) is 73.6 Å². The van der Waals surface area contributed by atoms with E-state index < -0.39 is 23.6 Å². The number of carboxylic acid groups (broad SMARTS) is 1. The number of amides is 1. The highest BCUT2D eigenvalue weighted by atomic mass is 19.1. The van der Waals surface area contributed by atoms with E-state index in [9.17, 15) is 14.3 Å². The van der Waals surface area contributed by atoms with Crippen molar-refractivity contribution in [1.29, 1.82) is 5.41 Å². The zero-order valence-electron chi connectivity index (χ0n) is 13.6. The van der Waals surface area contributed by atoms with Crippen molar-refractivity contribution >= 4 is 11.8 Å². The van der Waals surface area contributed by atoms with Crippen LogP contribution in [0.5, 0.6) is 5.75 Å².